The second-order valence-corrected chi connectivity index (χ2v) is 13.9. The van der Waals surface area contributed by atoms with E-state index in [1.54, 1.807) is 0 Å². The molecular formula is C50H32N6. The zero-order valence-corrected chi connectivity index (χ0v) is 30.2. The van der Waals surface area contributed by atoms with Gasteiger partial charge >= 0.3 is 0 Å². The van der Waals surface area contributed by atoms with E-state index in [-0.39, 0.29) is 0 Å². The van der Waals surface area contributed by atoms with Crippen molar-refractivity contribution in [1.29, 1.82) is 0 Å². The summed E-state index contributed by atoms with van der Waals surface area (Å²) >= 11 is 0. The molecular weight excluding hydrogens is 685 g/mol. The molecule has 6 heteroatoms. The van der Waals surface area contributed by atoms with Gasteiger partial charge in [-0.15, -0.1) is 0 Å². The molecule has 4 heterocycles. The predicted molar refractivity (Wildman–Crippen MR) is 228 cm³/mol. The third kappa shape index (κ3) is 5.19. The van der Waals surface area contributed by atoms with Gasteiger partial charge in [-0.1, -0.05) is 121 Å². The van der Waals surface area contributed by atoms with E-state index in [4.69, 9.17) is 19.9 Å². The lowest BCUT2D eigenvalue weighted by Gasteiger charge is -2.13. The van der Waals surface area contributed by atoms with Gasteiger partial charge in [0.25, 0.3) is 0 Å². The highest BCUT2D eigenvalue weighted by atomic mass is 15.0. The molecule has 11 aromatic rings. The van der Waals surface area contributed by atoms with Crippen LogP contribution < -0.4 is 0 Å². The second-order valence-electron chi connectivity index (χ2n) is 13.9. The number of fused-ring (bicyclic) bond motifs is 6. The average molecular weight is 717 g/mol. The van der Waals surface area contributed by atoms with Crippen LogP contribution in [0.2, 0.25) is 0 Å². The fourth-order valence-corrected chi connectivity index (χ4v) is 8.07. The zero-order valence-electron chi connectivity index (χ0n) is 30.2. The van der Waals surface area contributed by atoms with Crippen LogP contribution in [0.4, 0.5) is 0 Å². The lowest BCUT2D eigenvalue weighted by Crippen LogP contribution is -2.00. The van der Waals surface area contributed by atoms with Crippen molar-refractivity contribution in [3.8, 4) is 56.7 Å². The molecule has 0 saturated carbocycles. The first-order valence-corrected chi connectivity index (χ1v) is 18.7. The minimum absolute atomic E-state index is 0.623. The van der Waals surface area contributed by atoms with Gasteiger partial charge in [0, 0.05) is 56.0 Å². The van der Waals surface area contributed by atoms with Crippen LogP contribution in [-0.2, 0) is 0 Å². The monoisotopic (exact) mass is 716 g/mol. The molecule has 4 aromatic heterocycles. The predicted octanol–water partition coefficient (Wildman–Crippen LogP) is 12.1. The highest BCUT2D eigenvalue weighted by molar-refractivity contribution is 6.15. The van der Waals surface area contributed by atoms with Gasteiger partial charge in [-0.2, -0.15) is 0 Å². The van der Waals surface area contributed by atoms with Crippen LogP contribution in [0.25, 0.3) is 100 Å². The number of hydrogen-bond acceptors (Lipinski definition) is 4. The lowest BCUT2D eigenvalue weighted by molar-refractivity contribution is 1.07. The number of rotatable bonds is 6. The summed E-state index contributed by atoms with van der Waals surface area (Å²) in [6.45, 7) is 0. The van der Waals surface area contributed by atoms with E-state index in [9.17, 15) is 0 Å². The van der Waals surface area contributed by atoms with Gasteiger partial charge in [-0.25, -0.2) is 15.0 Å². The molecule has 7 aromatic carbocycles. The van der Waals surface area contributed by atoms with Crippen LogP contribution >= 0.6 is 0 Å². The number of aromatic nitrogens is 6. The summed E-state index contributed by atoms with van der Waals surface area (Å²) in [4.78, 5) is 19.7. The molecule has 0 aliphatic carbocycles. The first-order chi connectivity index (χ1) is 27.8. The number of hydrogen-bond donors (Lipinski definition) is 0. The van der Waals surface area contributed by atoms with Crippen molar-refractivity contribution in [2.24, 2.45) is 0 Å². The Morgan fingerprint density at radius 2 is 0.893 bits per heavy atom. The number of para-hydroxylation sites is 3. The molecule has 0 radical (unpaired) electrons. The summed E-state index contributed by atoms with van der Waals surface area (Å²) < 4.78 is 4.71. The SMILES string of the molecule is c1ccc(-c2nc(-c3ccccc3)nc(-c3ccc(-n4c5cc(-c6cccc7c8ccccc8n(-c8ccccc8)c67)ccc5c5ncccc54)cc3)n2)cc1. The van der Waals surface area contributed by atoms with Gasteiger partial charge < -0.3 is 9.13 Å². The van der Waals surface area contributed by atoms with Gasteiger partial charge in [0.05, 0.1) is 27.6 Å². The van der Waals surface area contributed by atoms with Crippen LogP contribution in [-0.4, -0.2) is 29.1 Å². The third-order valence-electron chi connectivity index (χ3n) is 10.6. The molecule has 11 rings (SSSR count). The van der Waals surface area contributed by atoms with Crippen molar-refractivity contribution in [1.82, 2.24) is 29.1 Å². The largest absolute Gasteiger partial charge is 0.309 e. The Morgan fingerprint density at radius 3 is 1.59 bits per heavy atom. The summed E-state index contributed by atoms with van der Waals surface area (Å²) in [6, 6.07) is 65.5. The average Bonchev–Trinajstić information content (AvgIpc) is 3.80. The Hall–Kier alpha value is -7.70. The normalized spacial score (nSPS) is 11.6. The molecule has 0 aliphatic heterocycles. The fraction of sp³-hybridized carbons (Fsp3) is 0. The summed E-state index contributed by atoms with van der Waals surface area (Å²) in [5, 5.41) is 3.56. The number of nitrogens with zero attached hydrogens (tertiary/aromatic N) is 6. The highest BCUT2D eigenvalue weighted by Gasteiger charge is 2.19. The molecule has 0 aliphatic rings. The van der Waals surface area contributed by atoms with Gasteiger partial charge in [-0.3, -0.25) is 4.98 Å². The molecule has 0 spiro atoms. The van der Waals surface area contributed by atoms with E-state index in [0.717, 1.165) is 55.6 Å². The Bertz CT molecular complexity index is 3160. The van der Waals surface area contributed by atoms with Crippen LogP contribution in [0.1, 0.15) is 0 Å². The van der Waals surface area contributed by atoms with Crippen molar-refractivity contribution in [3.63, 3.8) is 0 Å². The van der Waals surface area contributed by atoms with Crippen LogP contribution in [0.15, 0.2) is 194 Å². The highest BCUT2D eigenvalue weighted by Crippen LogP contribution is 2.40. The maximum absolute atomic E-state index is 4.97. The molecule has 6 nitrogen and oxygen atoms in total. The first kappa shape index (κ1) is 31.8. The van der Waals surface area contributed by atoms with Crippen molar-refractivity contribution in [3.05, 3.63) is 194 Å². The molecule has 0 bridgehead atoms. The van der Waals surface area contributed by atoms with Crippen LogP contribution in [0.3, 0.4) is 0 Å². The van der Waals surface area contributed by atoms with E-state index < -0.39 is 0 Å². The van der Waals surface area contributed by atoms with Crippen LogP contribution in [0, 0.1) is 0 Å². The van der Waals surface area contributed by atoms with Gasteiger partial charge in [0.1, 0.15) is 0 Å². The summed E-state index contributed by atoms with van der Waals surface area (Å²) in [5.41, 5.74) is 12.7. The molecule has 56 heavy (non-hydrogen) atoms. The molecule has 0 saturated heterocycles. The molecule has 0 fully saturated rings. The Morgan fingerprint density at radius 1 is 0.339 bits per heavy atom. The third-order valence-corrected chi connectivity index (χ3v) is 10.6. The Kier molecular flexibility index (Phi) is 7.38. The van der Waals surface area contributed by atoms with E-state index in [2.05, 4.69) is 130 Å². The topological polar surface area (TPSA) is 61.4 Å². The quantitative estimate of drug-likeness (QED) is 0.172. The zero-order chi connectivity index (χ0) is 37.0. The maximum atomic E-state index is 4.97. The van der Waals surface area contributed by atoms with Crippen molar-refractivity contribution in [2.45, 2.75) is 0 Å². The Labute approximate surface area is 322 Å². The lowest BCUT2D eigenvalue weighted by atomic mass is 10.0. The van der Waals surface area contributed by atoms with E-state index >= 15 is 0 Å². The molecule has 0 atom stereocenters. The molecule has 0 unspecified atom stereocenters. The van der Waals surface area contributed by atoms with Gasteiger partial charge in [0.2, 0.25) is 0 Å². The van der Waals surface area contributed by atoms with Crippen molar-refractivity contribution >= 4 is 43.7 Å². The molecule has 262 valence electrons. The van der Waals surface area contributed by atoms with Crippen molar-refractivity contribution < 1.29 is 0 Å². The van der Waals surface area contributed by atoms with Gasteiger partial charge in [-0.05, 0) is 72.3 Å². The maximum Gasteiger partial charge on any atom is 0.164 e. The summed E-state index contributed by atoms with van der Waals surface area (Å²) in [5.74, 6) is 1.90. The Balaban J connectivity index is 1.08. The fourth-order valence-electron chi connectivity index (χ4n) is 8.07. The number of pyridine rings is 1. The minimum Gasteiger partial charge on any atom is -0.309 e. The van der Waals surface area contributed by atoms with E-state index in [1.807, 2.05) is 72.9 Å². The molecule has 0 N–H and O–H groups in total. The van der Waals surface area contributed by atoms with Gasteiger partial charge in [0.15, 0.2) is 17.5 Å². The van der Waals surface area contributed by atoms with E-state index in [0.29, 0.717) is 17.5 Å². The summed E-state index contributed by atoms with van der Waals surface area (Å²) in [7, 11) is 0. The first-order valence-electron chi connectivity index (χ1n) is 18.7. The summed E-state index contributed by atoms with van der Waals surface area (Å²) in [6.07, 6.45) is 1.87. The minimum atomic E-state index is 0.623. The molecule has 0 amide bonds. The smallest absolute Gasteiger partial charge is 0.164 e. The van der Waals surface area contributed by atoms with E-state index in [1.165, 1.54) is 27.4 Å². The second kappa shape index (κ2) is 13.0. The number of benzene rings is 7. The standard InChI is InChI=1S/C50H32N6/c1-4-14-33(15-5-1)48-52-49(34-16-6-2-7-17-34)54-50(53-48)35-25-28-38(29-26-35)55-44-24-13-31-51-46(44)42-30-27-36(32-45(42)55)39-21-12-22-41-40-20-10-11-23-43(40)56(47(39)41)37-18-8-3-9-19-37/h1-32H. The van der Waals surface area contributed by atoms with Crippen molar-refractivity contribution in [2.75, 3.05) is 0 Å². The van der Waals surface area contributed by atoms with Crippen LogP contribution in [0.5, 0.6) is 0 Å².